The van der Waals surface area contributed by atoms with E-state index in [1.807, 2.05) is 30.3 Å². The Morgan fingerprint density at radius 1 is 1.07 bits per heavy atom. The second-order valence-electron chi connectivity index (χ2n) is 6.89. The van der Waals surface area contributed by atoms with Crippen LogP contribution < -0.4 is 11.1 Å². The van der Waals surface area contributed by atoms with Crippen molar-refractivity contribution in [2.45, 2.75) is 31.3 Å². The maximum absolute atomic E-state index is 13.1. The highest BCUT2D eigenvalue weighted by Crippen LogP contribution is 2.14. The lowest BCUT2D eigenvalue weighted by atomic mass is 10.0. The molecule has 0 aliphatic carbocycles. The van der Waals surface area contributed by atoms with Crippen molar-refractivity contribution in [2.24, 2.45) is 5.73 Å². The van der Waals surface area contributed by atoms with Crippen molar-refractivity contribution in [1.82, 2.24) is 10.2 Å². The number of carbonyl (C=O) groups is 2. The minimum Gasteiger partial charge on any atom is -0.341 e. The summed E-state index contributed by atoms with van der Waals surface area (Å²) in [5.74, 6) is -0.345. The van der Waals surface area contributed by atoms with Gasteiger partial charge in [0.2, 0.25) is 5.91 Å². The molecule has 1 atom stereocenters. The summed E-state index contributed by atoms with van der Waals surface area (Å²) in [6.07, 6.45) is 2.02. The van der Waals surface area contributed by atoms with Crippen molar-refractivity contribution >= 4 is 23.4 Å². The Bertz CT molecular complexity index is 772. The Labute approximate surface area is 164 Å². The van der Waals surface area contributed by atoms with Crippen LogP contribution in [0, 0.1) is 0 Å². The zero-order valence-corrected chi connectivity index (χ0v) is 15.9. The van der Waals surface area contributed by atoms with Gasteiger partial charge in [-0.3, -0.25) is 9.59 Å². The highest BCUT2D eigenvalue weighted by Gasteiger charge is 2.29. The van der Waals surface area contributed by atoms with E-state index in [1.54, 1.807) is 29.2 Å². The molecule has 0 bridgehead atoms. The highest BCUT2D eigenvalue weighted by atomic mass is 35.5. The van der Waals surface area contributed by atoms with E-state index in [0.29, 0.717) is 30.1 Å². The minimum atomic E-state index is -0.620. The van der Waals surface area contributed by atoms with Crippen molar-refractivity contribution in [3.8, 4) is 0 Å². The summed E-state index contributed by atoms with van der Waals surface area (Å²) in [6.45, 7) is 1.25. The fraction of sp³-hybridized carbons (Fsp3) is 0.333. The van der Waals surface area contributed by atoms with Gasteiger partial charge in [-0.25, -0.2) is 0 Å². The molecule has 0 radical (unpaired) electrons. The van der Waals surface area contributed by atoms with Crippen LogP contribution in [0.25, 0.3) is 0 Å². The molecule has 27 heavy (non-hydrogen) atoms. The standard InChI is InChI=1S/C21H24ClN3O2/c22-17-8-6-16(7-9-17)20(26)24-19(14-15-4-2-1-3-5-15)21(27)25-12-10-18(23)11-13-25/h1-9,18-19H,10-14,23H2,(H,24,26). The molecular formula is C21H24ClN3O2. The normalized spacial score (nSPS) is 16.0. The molecule has 1 aliphatic rings. The van der Waals surface area contributed by atoms with Crippen LogP contribution in [0.4, 0.5) is 0 Å². The van der Waals surface area contributed by atoms with Gasteiger partial charge in [0.15, 0.2) is 0 Å². The van der Waals surface area contributed by atoms with Crippen LogP contribution in [0.1, 0.15) is 28.8 Å². The molecule has 1 saturated heterocycles. The van der Waals surface area contributed by atoms with Gasteiger partial charge in [-0.15, -0.1) is 0 Å². The molecule has 2 amide bonds. The van der Waals surface area contributed by atoms with E-state index in [0.717, 1.165) is 18.4 Å². The number of halogens is 1. The molecule has 2 aromatic rings. The van der Waals surface area contributed by atoms with Gasteiger partial charge in [-0.2, -0.15) is 0 Å². The summed E-state index contributed by atoms with van der Waals surface area (Å²) >= 11 is 5.89. The summed E-state index contributed by atoms with van der Waals surface area (Å²) < 4.78 is 0. The van der Waals surface area contributed by atoms with E-state index in [4.69, 9.17) is 17.3 Å². The maximum Gasteiger partial charge on any atom is 0.251 e. The number of piperidine rings is 1. The average Bonchev–Trinajstić information content (AvgIpc) is 2.69. The maximum atomic E-state index is 13.1. The minimum absolute atomic E-state index is 0.0620. The first kappa shape index (κ1) is 19.4. The number of likely N-dealkylation sites (tertiary alicyclic amines) is 1. The number of benzene rings is 2. The number of rotatable bonds is 5. The fourth-order valence-electron chi connectivity index (χ4n) is 3.23. The van der Waals surface area contributed by atoms with Crippen LogP contribution >= 0.6 is 11.6 Å². The Balaban J connectivity index is 1.75. The van der Waals surface area contributed by atoms with E-state index < -0.39 is 6.04 Å². The predicted molar refractivity (Wildman–Crippen MR) is 107 cm³/mol. The Morgan fingerprint density at radius 2 is 1.70 bits per heavy atom. The van der Waals surface area contributed by atoms with E-state index in [9.17, 15) is 9.59 Å². The monoisotopic (exact) mass is 385 g/mol. The molecule has 0 saturated carbocycles. The number of nitrogens with zero attached hydrogens (tertiary/aromatic N) is 1. The summed E-state index contributed by atoms with van der Waals surface area (Å²) in [6, 6.07) is 15.9. The number of amides is 2. The molecule has 0 aromatic heterocycles. The SMILES string of the molecule is NC1CCN(C(=O)C(Cc2ccccc2)NC(=O)c2ccc(Cl)cc2)CC1. The fourth-order valence-corrected chi connectivity index (χ4v) is 3.36. The molecule has 1 fully saturated rings. The van der Waals surface area contributed by atoms with Gasteiger partial charge in [0.05, 0.1) is 0 Å². The molecule has 142 valence electrons. The number of hydrogen-bond donors (Lipinski definition) is 2. The van der Waals surface area contributed by atoms with E-state index in [1.165, 1.54) is 0 Å². The van der Waals surface area contributed by atoms with E-state index >= 15 is 0 Å². The third kappa shape index (κ3) is 5.31. The molecule has 3 N–H and O–H groups in total. The average molecular weight is 386 g/mol. The lowest BCUT2D eigenvalue weighted by Gasteiger charge is -2.33. The van der Waals surface area contributed by atoms with Crippen molar-refractivity contribution in [1.29, 1.82) is 0 Å². The molecule has 0 spiro atoms. The van der Waals surface area contributed by atoms with Crippen LogP contribution in [0.5, 0.6) is 0 Å². The van der Waals surface area contributed by atoms with Gasteiger partial charge >= 0.3 is 0 Å². The predicted octanol–water partition coefficient (Wildman–Crippen LogP) is 2.63. The quantitative estimate of drug-likeness (QED) is 0.830. The topological polar surface area (TPSA) is 75.4 Å². The molecule has 2 aromatic carbocycles. The molecule has 5 nitrogen and oxygen atoms in total. The van der Waals surface area contributed by atoms with Crippen LogP contribution in [-0.2, 0) is 11.2 Å². The van der Waals surface area contributed by atoms with E-state index in [2.05, 4.69) is 5.32 Å². The number of nitrogens with one attached hydrogen (secondary N) is 1. The Hall–Kier alpha value is -2.37. The highest BCUT2D eigenvalue weighted by molar-refractivity contribution is 6.30. The molecule has 6 heteroatoms. The van der Waals surface area contributed by atoms with Crippen LogP contribution in [-0.4, -0.2) is 41.9 Å². The first-order chi connectivity index (χ1) is 13.0. The zero-order chi connectivity index (χ0) is 19.2. The lowest BCUT2D eigenvalue weighted by molar-refractivity contribution is -0.134. The van der Waals surface area contributed by atoms with Gasteiger partial charge in [0.25, 0.3) is 5.91 Å². The number of nitrogens with two attached hydrogens (primary N) is 1. The summed E-state index contributed by atoms with van der Waals surface area (Å²) in [5.41, 5.74) is 7.43. The lowest BCUT2D eigenvalue weighted by Crippen LogP contribution is -2.52. The number of carbonyl (C=O) groups excluding carboxylic acids is 2. The molecule has 3 rings (SSSR count). The Morgan fingerprint density at radius 3 is 2.33 bits per heavy atom. The smallest absolute Gasteiger partial charge is 0.251 e. The second kappa shape index (κ2) is 9.02. The third-order valence-electron chi connectivity index (χ3n) is 4.84. The first-order valence-corrected chi connectivity index (χ1v) is 9.55. The van der Waals surface area contributed by atoms with Crippen molar-refractivity contribution < 1.29 is 9.59 Å². The molecule has 1 unspecified atom stereocenters. The molecule has 1 aliphatic heterocycles. The van der Waals surface area contributed by atoms with Gasteiger partial charge < -0.3 is 16.0 Å². The third-order valence-corrected chi connectivity index (χ3v) is 5.10. The molecular weight excluding hydrogens is 362 g/mol. The van der Waals surface area contributed by atoms with Gasteiger partial charge in [0.1, 0.15) is 6.04 Å². The van der Waals surface area contributed by atoms with Crippen LogP contribution in [0.2, 0.25) is 5.02 Å². The largest absolute Gasteiger partial charge is 0.341 e. The second-order valence-corrected chi connectivity index (χ2v) is 7.32. The van der Waals surface area contributed by atoms with Crippen molar-refractivity contribution in [3.05, 3.63) is 70.7 Å². The summed E-state index contributed by atoms with van der Waals surface area (Å²) in [5, 5.41) is 3.47. The Kier molecular flexibility index (Phi) is 6.48. The van der Waals surface area contributed by atoms with E-state index in [-0.39, 0.29) is 17.9 Å². The number of hydrogen-bond acceptors (Lipinski definition) is 3. The zero-order valence-electron chi connectivity index (χ0n) is 15.1. The van der Waals surface area contributed by atoms with Gasteiger partial charge in [0, 0.05) is 36.1 Å². The van der Waals surface area contributed by atoms with Gasteiger partial charge in [-0.05, 0) is 42.7 Å². The molecule has 1 heterocycles. The summed E-state index contributed by atoms with van der Waals surface area (Å²) in [4.78, 5) is 27.5. The summed E-state index contributed by atoms with van der Waals surface area (Å²) in [7, 11) is 0. The van der Waals surface area contributed by atoms with Crippen LogP contribution in [0.3, 0.4) is 0 Å². The van der Waals surface area contributed by atoms with Crippen molar-refractivity contribution in [2.75, 3.05) is 13.1 Å². The van der Waals surface area contributed by atoms with Crippen LogP contribution in [0.15, 0.2) is 54.6 Å². The first-order valence-electron chi connectivity index (χ1n) is 9.17. The van der Waals surface area contributed by atoms with Gasteiger partial charge in [-0.1, -0.05) is 41.9 Å². The van der Waals surface area contributed by atoms with Crippen molar-refractivity contribution in [3.63, 3.8) is 0 Å².